The third-order valence-electron chi connectivity index (χ3n) is 1.55. The van der Waals surface area contributed by atoms with Crippen LogP contribution in [0.15, 0.2) is 0 Å². The molecule has 0 aromatic heterocycles. The van der Waals surface area contributed by atoms with Gasteiger partial charge in [0.25, 0.3) is 0 Å². The lowest BCUT2D eigenvalue weighted by molar-refractivity contribution is -0.0733. The molecule has 0 bridgehead atoms. The molecule has 1 aliphatic heterocycles. The van der Waals surface area contributed by atoms with Crippen molar-refractivity contribution in [2.45, 2.75) is 25.0 Å². The molecule has 0 saturated carbocycles. The lowest BCUT2D eigenvalue weighted by atomic mass is 10.1. The largest absolute Gasteiger partial charge is 0.394 e. The number of ether oxygens (including phenoxy) is 1. The normalized spacial score (nSPS) is 36.7. The molecule has 0 aliphatic carbocycles. The molecule has 2 N–H and O–H groups in total. The van der Waals surface area contributed by atoms with Gasteiger partial charge in [0.1, 0.15) is 0 Å². The van der Waals surface area contributed by atoms with Gasteiger partial charge in [-0.25, -0.2) is 0 Å². The Kier molecular flexibility index (Phi) is 2.45. The Bertz CT molecular complexity index is 76.4. The molecule has 1 aliphatic rings. The SMILES string of the molecule is OC[C@H]1CC[C@@H](O)CO1. The van der Waals surface area contributed by atoms with Crippen molar-refractivity contribution < 1.29 is 14.9 Å². The van der Waals surface area contributed by atoms with Crippen molar-refractivity contribution in [1.82, 2.24) is 0 Å². The summed E-state index contributed by atoms with van der Waals surface area (Å²) in [6.45, 7) is 0.456. The monoisotopic (exact) mass is 132 g/mol. The van der Waals surface area contributed by atoms with Crippen LogP contribution in [0.1, 0.15) is 12.8 Å². The maximum absolute atomic E-state index is 8.92. The molecule has 0 aromatic carbocycles. The highest BCUT2D eigenvalue weighted by Gasteiger charge is 2.18. The van der Waals surface area contributed by atoms with E-state index in [2.05, 4.69) is 0 Å². The highest BCUT2D eigenvalue weighted by atomic mass is 16.5. The molecule has 1 heterocycles. The molecule has 1 saturated heterocycles. The summed E-state index contributed by atoms with van der Waals surface area (Å²) in [5.41, 5.74) is 0. The van der Waals surface area contributed by atoms with Gasteiger partial charge in [-0.1, -0.05) is 0 Å². The zero-order chi connectivity index (χ0) is 6.69. The first-order valence-electron chi connectivity index (χ1n) is 3.23. The summed E-state index contributed by atoms with van der Waals surface area (Å²) in [5, 5.41) is 17.5. The van der Waals surface area contributed by atoms with Gasteiger partial charge in [0.2, 0.25) is 0 Å². The minimum Gasteiger partial charge on any atom is -0.394 e. The Labute approximate surface area is 54.3 Å². The molecule has 54 valence electrons. The number of hydrogen-bond acceptors (Lipinski definition) is 3. The van der Waals surface area contributed by atoms with Crippen molar-refractivity contribution in [2.24, 2.45) is 0 Å². The van der Waals surface area contributed by atoms with Crippen LogP contribution in [0.3, 0.4) is 0 Å². The predicted octanol–water partition coefficient (Wildman–Crippen LogP) is -0.481. The summed E-state index contributed by atoms with van der Waals surface area (Å²) in [7, 11) is 0. The topological polar surface area (TPSA) is 49.7 Å². The zero-order valence-corrected chi connectivity index (χ0v) is 5.29. The summed E-state index contributed by atoms with van der Waals surface area (Å²) in [6, 6.07) is 0. The average molecular weight is 132 g/mol. The van der Waals surface area contributed by atoms with Crippen LogP contribution >= 0.6 is 0 Å². The number of rotatable bonds is 1. The molecule has 0 spiro atoms. The molecule has 0 aromatic rings. The molecule has 0 unspecified atom stereocenters. The van der Waals surface area contributed by atoms with E-state index < -0.39 is 0 Å². The Morgan fingerprint density at radius 1 is 1.44 bits per heavy atom. The van der Waals surface area contributed by atoms with Crippen molar-refractivity contribution in [2.75, 3.05) is 13.2 Å². The highest BCUT2D eigenvalue weighted by molar-refractivity contribution is 4.67. The minimum absolute atomic E-state index is 0.0339. The van der Waals surface area contributed by atoms with Crippen LogP contribution in [0, 0.1) is 0 Å². The van der Waals surface area contributed by atoms with Gasteiger partial charge < -0.3 is 14.9 Å². The van der Waals surface area contributed by atoms with E-state index in [1.54, 1.807) is 0 Å². The summed E-state index contributed by atoms with van der Waals surface area (Å²) >= 11 is 0. The third-order valence-corrected chi connectivity index (χ3v) is 1.55. The van der Waals surface area contributed by atoms with Gasteiger partial charge in [-0.3, -0.25) is 0 Å². The second-order valence-electron chi connectivity index (χ2n) is 2.37. The van der Waals surface area contributed by atoms with Crippen LogP contribution in [-0.4, -0.2) is 35.6 Å². The molecule has 1 rings (SSSR count). The standard InChI is InChI=1S/C6H12O3/c7-3-6-2-1-5(8)4-9-6/h5-8H,1-4H2/t5-,6-/m1/s1. The van der Waals surface area contributed by atoms with Crippen molar-refractivity contribution in [1.29, 1.82) is 0 Å². The fourth-order valence-corrected chi connectivity index (χ4v) is 0.936. The fraction of sp³-hybridized carbons (Fsp3) is 1.00. The summed E-state index contributed by atoms with van der Waals surface area (Å²) < 4.78 is 5.04. The molecule has 9 heavy (non-hydrogen) atoms. The van der Waals surface area contributed by atoms with Gasteiger partial charge >= 0.3 is 0 Å². The smallest absolute Gasteiger partial charge is 0.0808 e. The highest BCUT2D eigenvalue weighted by Crippen LogP contribution is 2.11. The Hall–Kier alpha value is -0.120. The van der Waals surface area contributed by atoms with E-state index in [0.717, 1.165) is 12.8 Å². The average Bonchev–Trinajstić information content (AvgIpc) is 1.90. The van der Waals surface area contributed by atoms with Gasteiger partial charge in [0.05, 0.1) is 25.4 Å². The maximum Gasteiger partial charge on any atom is 0.0808 e. The molecular formula is C6H12O3. The van der Waals surface area contributed by atoms with Crippen LogP contribution in [0.25, 0.3) is 0 Å². The van der Waals surface area contributed by atoms with Crippen molar-refractivity contribution >= 4 is 0 Å². The minimum atomic E-state index is -0.312. The van der Waals surface area contributed by atoms with Crippen LogP contribution < -0.4 is 0 Å². The van der Waals surface area contributed by atoms with Gasteiger partial charge in [0, 0.05) is 0 Å². The zero-order valence-electron chi connectivity index (χ0n) is 5.29. The first-order valence-corrected chi connectivity index (χ1v) is 3.23. The van der Waals surface area contributed by atoms with E-state index in [-0.39, 0.29) is 18.8 Å². The summed E-state index contributed by atoms with van der Waals surface area (Å²) in [5.74, 6) is 0. The van der Waals surface area contributed by atoms with Crippen molar-refractivity contribution in [3.05, 3.63) is 0 Å². The second-order valence-corrected chi connectivity index (χ2v) is 2.37. The molecular weight excluding hydrogens is 120 g/mol. The molecule has 3 nitrogen and oxygen atoms in total. The van der Waals surface area contributed by atoms with E-state index in [4.69, 9.17) is 14.9 Å². The first kappa shape index (κ1) is 6.99. The fourth-order valence-electron chi connectivity index (χ4n) is 0.936. The molecule has 0 amide bonds. The number of aliphatic hydroxyl groups excluding tert-OH is 2. The van der Waals surface area contributed by atoms with Gasteiger partial charge in [0.15, 0.2) is 0 Å². The van der Waals surface area contributed by atoms with E-state index in [1.807, 2.05) is 0 Å². The van der Waals surface area contributed by atoms with Gasteiger partial charge in [-0.2, -0.15) is 0 Å². The van der Waals surface area contributed by atoms with Crippen molar-refractivity contribution in [3.63, 3.8) is 0 Å². The van der Waals surface area contributed by atoms with Crippen LogP contribution in [-0.2, 0) is 4.74 Å². The lowest BCUT2D eigenvalue weighted by Gasteiger charge is -2.24. The molecule has 2 atom stereocenters. The molecule has 3 heteroatoms. The Morgan fingerprint density at radius 2 is 2.22 bits per heavy atom. The summed E-state index contributed by atoms with van der Waals surface area (Å²) in [6.07, 6.45) is 1.18. The van der Waals surface area contributed by atoms with Crippen LogP contribution in [0.2, 0.25) is 0 Å². The van der Waals surface area contributed by atoms with Gasteiger partial charge in [-0.05, 0) is 12.8 Å². The van der Waals surface area contributed by atoms with Gasteiger partial charge in [-0.15, -0.1) is 0 Å². The Balaban J connectivity index is 2.18. The Morgan fingerprint density at radius 3 is 2.67 bits per heavy atom. The maximum atomic E-state index is 8.92. The lowest BCUT2D eigenvalue weighted by Crippen LogP contribution is -2.31. The van der Waals surface area contributed by atoms with E-state index in [1.165, 1.54) is 0 Å². The van der Waals surface area contributed by atoms with E-state index in [0.29, 0.717) is 6.61 Å². The molecule has 0 radical (unpaired) electrons. The first-order chi connectivity index (χ1) is 4.33. The molecule has 1 fully saturated rings. The quantitative estimate of drug-likeness (QED) is 0.506. The number of aliphatic hydroxyl groups is 2. The van der Waals surface area contributed by atoms with Crippen LogP contribution in [0.4, 0.5) is 0 Å². The van der Waals surface area contributed by atoms with E-state index >= 15 is 0 Å². The van der Waals surface area contributed by atoms with Crippen LogP contribution in [0.5, 0.6) is 0 Å². The predicted molar refractivity (Wildman–Crippen MR) is 32.1 cm³/mol. The number of hydrogen-bond donors (Lipinski definition) is 2. The third kappa shape index (κ3) is 1.93. The van der Waals surface area contributed by atoms with Crippen molar-refractivity contribution in [3.8, 4) is 0 Å². The summed E-state index contributed by atoms with van der Waals surface area (Å²) in [4.78, 5) is 0. The second kappa shape index (κ2) is 3.15. The van der Waals surface area contributed by atoms with E-state index in [9.17, 15) is 0 Å².